The first-order valence-electron chi connectivity index (χ1n) is 8.50. The highest BCUT2D eigenvalue weighted by molar-refractivity contribution is 7.14. The Hall–Kier alpha value is -2.99. The second-order valence-electron chi connectivity index (χ2n) is 6.01. The maximum Gasteiger partial charge on any atom is 0.227 e. The van der Waals surface area contributed by atoms with E-state index in [1.807, 2.05) is 64.9 Å². The Morgan fingerprint density at radius 3 is 2.65 bits per heavy atom. The molecule has 0 radical (unpaired) electrons. The zero-order chi connectivity index (χ0) is 17.8. The lowest BCUT2D eigenvalue weighted by Crippen LogP contribution is -2.23. The molecule has 2 heterocycles. The summed E-state index contributed by atoms with van der Waals surface area (Å²) in [5, 5.41) is 7.01. The van der Waals surface area contributed by atoms with E-state index in [2.05, 4.69) is 15.5 Å². The van der Waals surface area contributed by atoms with E-state index in [9.17, 15) is 4.79 Å². The van der Waals surface area contributed by atoms with Gasteiger partial charge in [0.25, 0.3) is 0 Å². The first-order valence-corrected chi connectivity index (χ1v) is 9.38. The first-order chi connectivity index (χ1) is 12.8. The third-order valence-electron chi connectivity index (χ3n) is 4.23. The summed E-state index contributed by atoms with van der Waals surface area (Å²) in [6.07, 6.45) is 3.33. The Morgan fingerprint density at radius 2 is 1.92 bits per heavy atom. The van der Waals surface area contributed by atoms with Gasteiger partial charge in [-0.15, -0.1) is 11.3 Å². The molecule has 130 valence electrons. The molecule has 0 saturated carbocycles. The summed E-state index contributed by atoms with van der Waals surface area (Å²) >= 11 is 1.52. The molecule has 1 N–H and O–H groups in total. The Kier molecular flexibility index (Phi) is 4.75. The molecular formula is C20H18N4OS. The maximum absolute atomic E-state index is 11.8. The predicted molar refractivity (Wildman–Crippen MR) is 107 cm³/mol. The molecule has 6 heteroatoms. The van der Waals surface area contributed by atoms with E-state index in [0.717, 1.165) is 40.6 Å². The van der Waals surface area contributed by atoms with Crippen LogP contribution in [0.4, 0.5) is 10.8 Å². The van der Waals surface area contributed by atoms with Crippen LogP contribution in [0.3, 0.4) is 0 Å². The van der Waals surface area contributed by atoms with Crippen molar-refractivity contribution < 1.29 is 4.79 Å². The fraction of sp³-hybridized carbons (Fsp3) is 0.150. The minimum atomic E-state index is 0.200. The summed E-state index contributed by atoms with van der Waals surface area (Å²) in [7, 11) is 0. The Balaban J connectivity index is 1.38. The highest BCUT2D eigenvalue weighted by Gasteiger charge is 2.21. The highest BCUT2D eigenvalue weighted by atomic mass is 32.1. The largest absolute Gasteiger partial charge is 0.312 e. The average Bonchev–Trinajstić information content (AvgIpc) is 3.32. The van der Waals surface area contributed by atoms with Gasteiger partial charge in [0.1, 0.15) is 0 Å². The first kappa shape index (κ1) is 16.5. The molecule has 1 aliphatic heterocycles. The van der Waals surface area contributed by atoms with Gasteiger partial charge in [0.2, 0.25) is 11.0 Å². The molecule has 2 aromatic carbocycles. The number of anilines is 2. The van der Waals surface area contributed by atoms with Crippen LogP contribution >= 0.6 is 11.3 Å². The fourth-order valence-corrected chi connectivity index (χ4v) is 3.56. The van der Waals surface area contributed by atoms with Gasteiger partial charge in [-0.25, -0.2) is 4.98 Å². The van der Waals surface area contributed by atoms with Gasteiger partial charge < -0.3 is 4.90 Å². The lowest BCUT2D eigenvalue weighted by molar-refractivity contribution is -0.117. The Bertz CT molecular complexity index is 918. The molecule has 4 rings (SSSR count). The van der Waals surface area contributed by atoms with Crippen LogP contribution in [0, 0.1) is 0 Å². The van der Waals surface area contributed by atoms with Gasteiger partial charge in [0.05, 0.1) is 11.9 Å². The van der Waals surface area contributed by atoms with Crippen molar-refractivity contribution in [3.8, 4) is 11.3 Å². The number of nitrogens with zero attached hydrogens (tertiary/aromatic N) is 3. The SMILES string of the molecule is O=C1CCCN1c1ccc(C=NNc2nc(-c3ccccc3)cs2)cc1. The third kappa shape index (κ3) is 3.65. The van der Waals surface area contributed by atoms with Crippen molar-refractivity contribution in [1.29, 1.82) is 0 Å². The van der Waals surface area contributed by atoms with E-state index in [0.29, 0.717) is 6.42 Å². The zero-order valence-electron chi connectivity index (χ0n) is 14.1. The number of benzene rings is 2. The zero-order valence-corrected chi connectivity index (χ0v) is 14.9. The van der Waals surface area contributed by atoms with Gasteiger partial charge >= 0.3 is 0 Å². The number of hydrazone groups is 1. The Labute approximate surface area is 156 Å². The molecule has 0 aliphatic carbocycles. The van der Waals surface area contributed by atoms with Crippen molar-refractivity contribution in [3.05, 3.63) is 65.5 Å². The quantitative estimate of drug-likeness (QED) is 0.541. The number of hydrogen-bond acceptors (Lipinski definition) is 5. The minimum Gasteiger partial charge on any atom is -0.312 e. The van der Waals surface area contributed by atoms with E-state index in [1.165, 1.54) is 11.3 Å². The van der Waals surface area contributed by atoms with Crippen molar-refractivity contribution in [3.63, 3.8) is 0 Å². The molecule has 0 atom stereocenters. The van der Waals surface area contributed by atoms with Crippen LogP contribution in [-0.2, 0) is 4.79 Å². The van der Waals surface area contributed by atoms with Gasteiger partial charge in [-0.05, 0) is 24.1 Å². The minimum absolute atomic E-state index is 0.200. The fourth-order valence-electron chi connectivity index (χ4n) is 2.89. The van der Waals surface area contributed by atoms with Crippen molar-refractivity contribution in [2.24, 2.45) is 5.10 Å². The average molecular weight is 362 g/mol. The van der Waals surface area contributed by atoms with Crippen molar-refractivity contribution in [1.82, 2.24) is 4.98 Å². The van der Waals surface area contributed by atoms with Gasteiger partial charge in [0.15, 0.2) is 0 Å². The van der Waals surface area contributed by atoms with Gasteiger partial charge in [-0.3, -0.25) is 10.2 Å². The lowest BCUT2D eigenvalue weighted by Gasteiger charge is -2.15. The van der Waals surface area contributed by atoms with Crippen LogP contribution in [0.1, 0.15) is 18.4 Å². The van der Waals surface area contributed by atoms with Crippen molar-refractivity contribution in [2.75, 3.05) is 16.9 Å². The molecule has 1 fully saturated rings. The molecule has 0 bridgehead atoms. The molecule has 1 aromatic heterocycles. The number of carbonyl (C=O) groups is 1. The second kappa shape index (κ2) is 7.49. The van der Waals surface area contributed by atoms with Gasteiger partial charge in [0, 0.05) is 29.6 Å². The summed E-state index contributed by atoms with van der Waals surface area (Å²) in [6, 6.07) is 17.9. The van der Waals surface area contributed by atoms with Gasteiger partial charge in [-0.1, -0.05) is 42.5 Å². The summed E-state index contributed by atoms with van der Waals surface area (Å²) in [5.41, 5.74) is 6.92. The highest BCUT2D eigenvalue weighted by Crippen LogP contribution is 2.24. The third-order valence-corrected chi connectivity index (χ3v) is 4.97. The predicted octanol–water partition coefficient (Wildman–Crippen LogP) is 4.38. The monoisotopic (exact) mass is 362 g/mol. The normalized spacial score (nSPS) is 14.3. The molecule has 1 aliphatic rings. The number of aromatic nitrogens is 1. The maximum atomic E-state index is 11.8. The van der Waals surface area contributed by atoms with E-state index in [1.54, 1.807) is 6.21 Å². The number of nitrogens with one attached hydrogen (secondary N) is 1. The van der Waals surface area contributed by atoms with Crippen LogP contribution in [0.2, 0.25) is 0 Å². The Morgan fingerprint density at radius 1 is 1.12 bits per heavy atom. The standard InChI is InChI=1S/C20H18N4OS/c25-19-7-4-12-24(19)17-10-8-15(9-11-17)13-21-23-20-22-18(14-26-20)16-5-2-1-3-6-16/h1-3,5-6,8-11,13-14H,4,7,12H2,(H,22,23). The smallest absolute Gasteiger partial charge is 0.227 e. The van der Waals surface area contributed by atoms with E-state index in [-0.39, 0.29) is 5.91 Å². The molecule has 5 nitrogen and oxygen atoms in total. The molecular weight excluding hydrogens is 344 g/mol. The molecule has 3 aromatic rings. The van der Waals surface area contributed by atoms with E-state index < -0.39 is 0 Å². The number of rotatable bonds is 5. The van der Waals surface area contributed by atoms with E-state index >= 15 is 0 Å². The van der Waals surface area contributed by atoms with Crippen molar-refractivity contribution in [2.45, 2.75) is 12.8 Å². The van der Waals surface area contributed by atoms with Gasteiger partial charge in [-0.2, -0.15) is 5.10 Å². The van der Waals surface area contributed by atoms with Crippen LogP contribution in [0.5, 0.6) is 0 Å². The van der Waals surface area contributed by atoms with Crippen LogP contribution in [0.25, 0.3) is 11.3 Å². The topological polar surface area (TPSA) is 57.6 Å². The lowest BCUT2D eigenvalue weighted by atomic mass is 10.2. The summed E-state index contributed by atoms with van der Waals surface area (Å²) in [5.74, 6) is 0.200. The number of hydrogen-bond donors (Lipinski definition) is 1. The molecule has 0 unspecified atom stereocenters. The molecule has 1 amide bonds. The molecule has 0 spiro atoms. The number of thiazole rings is 1. The summed E-state index contributed by atoms with van der Waals surface area (Å²) < 4.78 is 0. The summed E-state index contributed by atoms with van der Waals surface area (Å²) in [6.45, 7) is 0.807. The van der Waals surface area contributed by atoms with Crippen LogP contribution in [0.15, 0.2) is 65.1 Å². The summed E-state index contributed by atoms with van der Waals surface area (Å²) in [4.78, 5) is 18.1. The molecule has 1 saturated heterocycles. The second-order valence-corrected chi connectivity index (χ2v) is 6.87. The molecule has 26 heavy (non-hydrogen) atoms. The van der Waals surface area contributed by atoms with E-state index in [4.69, 9.17) is 0 Å². The number of carbonyl (C=O) groups excluding carboxylic acids is 1. The number of amides is 1. The van der Waals surface area contributed by atoms with Crippen molar-refractivity contribution >= 4 is 34.3 Å². The van der Waals surface area contributed by atoms with Crippen LogP contribution < -0.4 is 10.3 Å². The van der Waals surface area contributed by atoms with Crippen LogP contribution in [-0.4, -0.2) is 23.7 Å².